The highest BCUT2D eigenvalue weighted by atomic mass is 16.2. The first-order chi connectivity index (χ1) is 18.0. The molecule has 1 atom stereocenters. The number of rotatable bonds is 6. The first-order valence-electron chi connectivity index (χ1n) is 13.3. The van der Waals surface area contributed by atoms with Gasteiger partial charge in [0.15, 0.2) is 0 Å². The summed E-state index contributed by atoms with van der Waals surface area (Å²) in [6, 6.07) is 8.93. The Morgan fingerprint density at radius 1 is 1.08 bits per heavy atom. The molecule has 2 fully saturated rings. The fourth-order valence-electron chi connectivity index (χ4n) is 5.10. The molecular weight excluding hydrogens is 484 g/mol. The first kappa shape index (κ1) is 27.7. The number of hydrogen-bond acceptors (Lipinski definition) is 7. The lowest BCUT2D eigenvalue weighted by molar-refractivity contribution is -0.138. The van der Waals surface area contributed by atoms with Crippen LogP contribution in [0.25, 0.3) is 5.69 Å². The number of carbonyl (C=O) groups excluding carboxylic acids is 2. The van der Waals surface area contributed by atoms with Crippen LogP contribution in [0.3, 0.4) is 0 Å². The lowest BCUT2D eigenvalue weighted by Crippen LogP contribution is -2.61. The van der Waals surface area contributed by atoms with Crippen molar-refractivity contribution in [1.29, 1.82) is 0 Å². The number of likely N-dealkylation sites (tertiary alicyclic amines) is 1. The molecule has 3 amide bonds. The third-order valence-corrected chi connectivity index (χ3v) is 7.43. The molecule has 0 bridgehead atoms. The van der Waals surface area contributed by atoms with Crippen LogP contribution in [0, 0.1) is 5.92 Å². The van der Waals surface area contributed by atoms with Gasteiger partial charge in [-0.05, 0) is 82.9 Å². The van der Waals surface area contributed by atoms with Gasteiger partial charge >= 0.3 is 11.7 Å². The van der Waals surface area contributed by atoms with Crippen LogP contribution in [-0.4, -0.2) is 87.0 Å². The molecule has 5 N–H and O–H groups in total. The number of anilines is 1. The second kappa shape index (κ2) is 11.6. The summed E-state index contributed by atoms with van der Waals surface area (Å²) in [5.41, 5.74) is 12.2. The topological polar surface area (TPSA) is 143 Å². The quantitative estimate of drug-likeness (QED) is 0.515. The van der Waals surface area contributed by atoms with E-state index in [4.69, 9.17) is 11.5 Å². The van der Waals surface area contributed by atoms with Gasteiger partial charge < -0.3 is 21.3 Å². The van der Waals surface area contributed by atoms with Crippen LogP contribution in [0.5, 0.6) is 0 Å². The van der Waals surface area contributed by atoms with Gasteiger partial charge in [0.05, 0.1) is 11.2 Å². The molecule has 1 aromatic carbocycles. The number of amides is 3. The van der Waals surface area contributed by atoms with Crippen molar-refractivity contribution in [3.8, 4) is 5.69 Å². The van der Waals surface area contributed by atoms with E-state index in [2.05, 4.69) is 15.2 Å². The second-order valence-electron chi connectivity index (χ2n) is 11.0. The molecule has 3 heterocycles. The van der Waals surface area contributed by atoms with Gasteiger partial charge in [0, 0.05) is 38.4 Å². The Hall–Kier alpha value is -3.28. The average Bonchev–Trinajstić information content (AvgIpc) is 2.88. The smallest absolute Gasteiger partial charge is 0.337 e. The number of carbonyl (C=O) groups is 2. The minimum Gasteiger partial charge on any atom is -0.337 e. The standard InChI is InChI=1S/C27H40N8O3/c1-19-17-33(24(36)27(2,3)29)14-15-34(19)25(37)30-23-10-13-35(26(38)31-23)22-6-4-21(5-7-22)18-32-11-8-20(16-28)9-12-32/h4-7,10,13,19-20H,8-9,11-12,14-18,28-29H2,1-3H3,(H,30,31,37,38). The second-order valence-corrected chi connectivity index (χ2v) is 11.0. The van der Waals surface area contributed by atoms with E-state index in [1.54, 1.807) is 35.9 Å². The molecule has 38 heavy (non-hydrogen) atoms. The van der Waals surface area contributed by atoms with Gasteiger partial charge in [0.25, 0.3) is 0 Å². The zero-order chi connectivity index (χ0) is 27.4. The SMILES string of the molecule is CC1CN(C(=O)C(C)(C)N)CCN1C(=O)Nc1ccn(-c2ccc(CN3CCC(CN)CC3)cc2)c(=O)n1. The van der Waals surface area contributed by atoms with E-state index < -0.39 is 11.2 Å². The molecule has 4 rings (SSSR count). The predicted molar refractivity (Wildman–Crippen MR) is 147 cm³/mol. The Morgan fingerprint density at radius 2 is 1.76 bits per heavy atom. The Kier molecular flexibility index (Phi) is 8.49. The van der Waals surface area contributed by atoms with Crippen LogP contribution in [0.15, 0.2) is 41.3 Å². The molecule has 11 nitrogen and oxygen atoms in total. The van der Waals surface area contributed by atoms with Gasteiger partial charge in [0.1, 0.15) is 5.82 Å². The van der Waals surface area contributed by atoms with Crippen molar-refractivity contribution < 1.29 is 9.59 Å². The molecule has 11 heteroatoms. The summed E-state index contributed by atoms with van der Waals surface area (Å²) in [7, 11) is 0. The van der Waals surface area contributed by atoms with E-state index in [1.165, 1.54) is 10.1 Å². The maximum absolute atomic E-state index is 12.9. The van der Waals surface area contributed by atoms with Crippen molar-refractivity contribution >= 4 is 17.8 Å². The number of nitrogens with two attached hydrogens (primary N) is 2. The number of aromatic nitrogens is 2. The molecule has 1 aromatic heterocycles. The van der Waals surface area contributed by atoms with Crippen LogP contribution in [0.4, 0.5) is 10.6 Å². The van der Waals surface area contributed by atoms with Gasteiger partial charge in [-0.2, -0.15) is 4.98 Å². The summed E-state index contributed by atoms with van der Waals surface area (Å²) < 4.78 is 1.45. The molecule has 2 aliphatic heterocycles. The number of nitrogens with one attached hydrogen (secondary N) is 1. The van der Waals surface area contributed by atoms with Crippen molar-refractivity contribution in [2.24, 2.45) is 17.4 Å². The number of piperidine rings is 1. The molecule has 2 aromatic rings. The molecular formula is C27H40N8O3. The Labute approximate surface area is 223 Å². The van der Waals surface area contributed by atoms with Gasteiger partial charge in [-0.3, -0.25) is 19.6 Å². The number of nitrogens with zero attached hydrogens (tertiary/aromatic N) is 5. The van der Waals surface area contributed by atoms with Crippen molar-refractivity contribution in [2.75, 3.05) is 44.6 Å². The monoisotopic (exact) mass is 524 g/mol. The predicted octanol–water partition coefficient (Wildman–Crippen LogP) is 1.21. The summed E-state index contributed by atoms with van der Waals surface area (Å²) in [5.74, 6) is 0.673. The van der Waals surface area contributed by atoms with E-state index in [1.807, 2.05) is 31.2 Å². The Bertz CT molecular complexity index is 1180. The van der Waals surface area contributed by atoms with Gasteiger partial charge in [-0.15, -0.1) is 0 Å². The van der Waals surface area contributed by atoms with Gasteiger partial charge in [-0.1, -0.05) is 12.1 Å². The van der Waals surface area contributed by atoms with Crippen molar-refractivity contribution in [2.45, 2.75) is 51.7 Å². The van der Waals surface area contributed by atoms with E-state index in [0.717, 1.165) is 39.0 Å². The zero-order valence-electron chi connectivity index (χ0n) is 22.6. The van der Waals surface area contributed by atoms with Crippen molar-refractivity contribution in [1.82, 2.24) is 24.3 Å². The van der Waals surface area contributed by atoms with E-state index in [-0.39, 0.29) is 23.8 Å². The fourth-order valence-corrected chi connectivity index (χ4v) is 5.10. The molecule has 0 aliphatic carbocycles. The maximum Gasteiger partial charge on any atom is 0.354 e. The number of hydrogen-bond donors (Lipinski definition) is 3. The molecule has 206 valence electrons. The zero-order valence-corrected chi connectivity index (χ0v) is 22.6. The van der Waals surface area contributed by atoms with Crippen LogP contribution in [0.2, 0.25) is 0 Å². The highest BCUT2D eigenvalue weighted by Gasteiger charge is 2.34. The highest BCUT2D eigenvalue weighted by Crippen LogP contribution is 2.19. The van der Waals surface area contributed by atoms with Crippen LogP contribution >= 0.6 is 0 Å². The summed E-state index contributed by atoms with van der Waals surface area (Å²) in [6.45, 7) is 10.1. The van der Waals surface area contributed by atoms with Crippen molar-refractivity contribution in [3.05, 3.63) is 52.6 Å². The lowest BCUT2D eigenvalue weighted by atomic mass is 9.97. The minimum atomic E-state index is -0.958. The fraction of sp³-hybridized carbons (Fsp3) is 0.556. The van der Waals surface area contributed by atoms with E-state index in [9.17, 15) is 14.4 Å². The molecule has 0 radical (unpaired) electrons. The average molecular weight is 525 g/mol. The molecule has 2 saturated heterocycles. The summed E-state index contributed by atoms with van der Waals surface area (Å²) in [6.07, 6.45) is 3.89. The van der Waals surface area contributed by atoms with E-state index in [0.29, 0.717) is 31.2 Å². The minimum absolute atomic E-state index is 0.144. The maximum atomic E-state index is 12.9. The van der Waals surface area contributed by atoms with Gasteiger partial charge in [-0.25, -0.2) is 9.59 Å². The number of piperazine rings is 1. The highest BCUT2D eigenvalue weighted by molar-refractivity contribution is 5.89. The third-order valence-electron chi connectivity index (χ3n) is 7.43. The largest absolute Gasteiger partial charge is 0.354 e. The molecule has 1 unspecified atom stereocenters. The molecule has 2 aliphatic rings. The van der Waals surface area contributed by atoms with Gasteiger partial charge in [0.2, 0.25) is 5.91 Å². The molecule has 0 spiro atoms. The molecule has 0 saturated carbocycles. The normalized spacial score (nSPS) is 19.4. The Balaban J connectivity index is 1.34. The van der Waals surface area contributed by atoms with Crippen LogP contribution in [0.1, 0.15) is 39.2 Å². The van der Waals surface area contributed by atoms with Crippen LogP contribution < -0.4 is 22.5 Å². The Morgan fingerprint density at radius 3 is 2.34 bits per heavy atom. The number of benzene rings is 1. The summed E-state index contributed by atoms with van der Waals surface area (Å²) >= 11 is 0. The van der Waals surface area contributed by atoms with Crippen LogP contribution in [-0.2, 0) is 11.3 Å². The lowest BCUT2D eigenvalue weighted by Gasteiger charge is -2.41. The first-order valence-corrected chi connectivity index (χ1v) is 13.3. The third kappa shape index (κ3) is 6.58. The summed E-state index contributed by atoms with van der Waals surface area (Å²) in [4.78, 5) is 47.9. The number of urea groups is 1. The summed E-state index contributed by atoms with van der Waals surface area (Å²) in [5, 5.41) is 2.72. The van der Waals surface area contributed by atoms with E-state index >= 15 is 0 Å². The van der Waals surface area contributed by atoms with Crippen molar-refractivity contribution in [3.63, 3.8) is 0 Å².